The predicted octanol–water partition coefficient (Wildman–Crippen LogP) is 0.324. The first-order valence-corrected chi connectivity index (χ1v) is 8.25. The molecule has 0 spiro atoms. The number of rotatable bonds is 3. The van der Waals surface area contributed by atoms with Crippen LogP contribution >= 0.6 is 24.1 Å². The fourth-order valence-corrected chi connectivity index (χ4v) is 0. The molecule has 0 heterocycles. The van der Waals surface area contributed by atoms with Gasteiger partial charge >= 0.3 is 41.2 Å². The van der Waals surface area contributed by atoms with Crippen molar-refractivity contribution in [3.05, 3.63) is 0 Å². The van der Waals surface area contributed by atoms with Crippen molar-refractivity contribution in [2.75, 3.05) is 18.5 Å². The average molecular weight is 332 g/mol. The van der Waals surface area contributed by atoms with E-state index in [-0.39, 0.29) is 35.6 Å². The SMILES string of the molecule is CC[P+](=O)[O-].CC[P+](=O)[O-].CC[P+](=O)[O-].[Fe+3]. The van der Waals surface area contributed by atoms with Crippen LogP contribution in [-0.4, -0.2) is 18.5 Å². The zero-order valence-corrected chi connectivity index (χ0v) is 13.1. The molecule has 0 aromatic carbocycles. The first-order valence-electron chi connectivity index (χ1n) is 4.17. The molecule has 1 radical (unpaired) electrons. The maximum absolute atomic E-state index is 9.41. The second-order valence-corrected chi connectivity index (χ2v) is 5.84. The summed E-state index contributed by atoms with van der Waals surface area (Å²) in [6.45, 7) is 4.81. The Bertz CT molecular complexity index is 167. The summed E-state index contributed by atoms with van der Waals surface area (Å²) in [5.74, 6) is 0. The molecule has 0 aliphatic carbocycles. The van der Waals surface area contributed by atoms with Crippen LogP contribution in [0.15, 0.2) is 0 Å². The molecule has 0 saturated heterocycles. The van der Waals surface area contributed by atoms with Gasteiger partial charge in [0.25, 0.3) is 0 Å². The maximum Gasteiger partial charge on any atom is 3.00 e. The first kappa shape index (κ1) is 25.5. The van der Waals surface area contributed by atoms with Crippen LogP contribution < -0.4 is 14.7 Å². The quantitative estimate of drug-likeness (QED) is 0.542. The predicted molar refractivity (Wildman–Crippen MR) is 54.4 cm³/mol. The molecule has 3 atom stereocenters. The van der Waals surface area contributed by atoms with Crippen LogP contribution in [0, 0.1) is 0 Å². The summed E-state index contributed by atoms with van der Waals surface area (Å²) in [6.07, 6.45) is 0.778. The zero-order valence-electron chi connectivity index (χ0n) is 9.27. The standard InChI is InChI=1S/3C2H5O2P.Fe/c3*1-2-5(3)4;/h3*2H2,1H3;/q;;;+3. The number of hydrogen-bond donors (Lipinski definition) is 0. The van der Waals surface area contributed by atoms with Crippen molar-refractivity contribution in [1.29, 1.82) is 0 Å². The molecule has 6 nitrogen and oxygen atoms in total. The Morgan fingerprint density at radius 3 is 0.750 bits per heavy atom. The van der Waals surface area contributed by atoms with Gasteiger partial charge in [0.2, 0.25) is 0 Å². The van der Waals surface area contributed by atoms with Crippen LogP contribution in [0.25, 0.3) is 0 Å². The summed E-state index contributed by atoms with van der Waals surface area (Å²) < 4.78 is 28.2. The van der Waals surface area contributed by atoms with Crippen molar-refractivity contribution in [2.24, 2.45) is 0 Å². The Kier molecular flexibility index (Phi) is 33.6. The Morgan fingerprint density at radius 2 is 0.750 bits per heavy atom. The molecule has 0 aromatic heterocycles. The van der Waals surface area contributed by atoms with Crippen molar-refractivity contribution >= 4 is 24.1 Å². The Balaban J connectivity index is -0.0000000655. The molecule has 95 valence electrons. The average Bonchev–Trinajstić information content (AvgIpc) is 2.19. The van der Waals surface area contributed by atoms with Crippen LogP contribution in [0.4, 0.5) is 0 Å². The van der Waals surface area contributed by atoms with E-state index in [0.29, 0.717) is 0 Å². The molecule has 0 aliphatic heterocycles. The third-order valence-corrected chi connectivity index (χ3v) is 2.32. The Labute approximate surface area is 109 Å². The van der Waals surface area contributed by atoms with Gasteiger partial charge in [0.15, 0.2) is 0 Å². The van der Waals surface area contributed by atoms with Gasteiger partial charge in [-0.1, -0.05) is 13.7 Å². The van der Waals surface area contributed by atoms with Crippen LogP contribution in [0.3, 0.4) is 0 Å². The van der Waals surface area contributed by atoms with Gasteiger partial charge in [-0.3, -0.25) is 0 Å². The third-order valence-electron chi connectivity index (χ3n) is 0.775. The molecule has 0 aromatic rings. The second-order valence-electron chi connectivity index (χ2n) is 1.95. The van der Waals surface area contributed by atoms with Gasteiger partial charge < -0.3 is 14.7 Å². The van der Waals surface area contributed by atoms with E-state index in [1.807, 2.05) is 0 Å². The Hall–Kier alpha value is 0.699. The summed E-state index contributed by atoms with van der Waals surface area (Å²) in [7, 11) is -6.29. The van der Waals surface area contributed by atoms with Crippen molar-refractivity contribution in [1.82, 2.24) is 0 Å². The smallest absolute Gasteiger partial charge is 0.596 e. The summed E-state index contributed by atoms with van der Waals surface area (Å²) in [6, 6.07) is 0. The molecule has 0 aliphatic rings. The summed E-state index contributed by atoms with van der Waals surface area (Å²) in [4.78, 5) is 28.2. The van der Waals surface area contributed by atoms with E-state index in [0.717, 1.165) is 0 Å². The fraction of sp³-hybridized carbons (Fsp3) is 1.00. The van der Waals surface area contributed by atoms with Crippen molar-refractivity contribution in [3.8, 4) is 0 Å². The van der Waals surface area contributed by atoms with Crippen molar-refractivity contribution in [3.63, 3.8) is 0 Å². The second kappa shape index (κ2) is 21.0. The molecule has 0 fully saturated rings. The zero-order chi connectivity index (χ0) is 12.9. The monoisotopic (exact) mass is 332 g/mol. The molecule has 16 heavy (non-hydrogen) atoms. The van der Waals surface area contributed by atoms with Gasteiger partial charge in [-0.25, -0.2) is 0 Å². The van der Waals surface area contributed by atoms with Gasteiger partial charge in [-0.15, -0.1) is 0 Å². The Morgan fingerprint density at radius 1 is 0.688 bits per heavy atom. The van der Waals surface area contributed by atoms with Crippen molar-refractivity contribution < 1.29 is 45.4 Å². The summed E-state index contributed by atoms with van der Waals surface area (Å²) >= 11 is 0. The van der Waals surface area contributed by atoms with Crippen LogP contribution in [0.1, 0.15) is 20.8 Å². The normalized spacial score (nSPS) is 10.5. The molecule has 0 rings (SSSR count). The van der Waals surface area contributed by atoms with E-state index in [4.69, 9.17) is 0 Å². The molecular formula is C6H15FeO6P3+3. The summed E-state index contributed by atoms with van der Waals surface area (Å²) in [5.41, 5.74) is 0. The van der Waals surface area contributed by atoms with Crippen LogP contribution in [-0.2, 0) is 30.8 Å². The topological polar surface area (TPSA) is 120 Å². The molecule has 10 heteroatoms. The molecular weight excluding hydrogens is 317 g/mol. The minimum absolute atomic E-state index is 0. The molecule has 0 N–H and O–H groups in total. The van der Waals surface area contributed by atoms with Gasteiger partial charge in [0, 0.05) is 0 Å². The number of hydrogen-bond acceptors (Lipinski definition) is 6. The summed E-state index contributed by atoms with van der Waals surface area (Å²) in [5, 5.41) is 0. The maximum atomic E-state index is 9.41. The largest absolute Gasteiger partial charge is 3.00 e. The van der Waals surface area contributed by atoms with E-state index < -0.39 is 24.1 Å². The minimum atomic E-state index is -2.10. The minimum Gasteiger partial charge on any atom is -0.596 e. The molecule has 0 saturated carbocycles. The van der Waals surface area contributed by atoms with E-state index in [9.17, 15) is 28.4 Å². The van der Waals surface area contributed by atoms with Crippen LogP contribution in [0.5, 0.6) is 0 Å². The van der Waals surface area contributed by atoms with Crippen LogP contribution in [0.2, 0.25) is 0 Å². The van der Waals surface area contributed by atoms with Gasteiger partial charge in [0.1, 0.15) is 18.5 Å². The van der Waals surface area contributed by atoms with E-state index in [1.165, 1.54) is 0 Å². The van der Waals surface area contributed by atoms with E-state index in [1.54, 1.807) is 20.8 Å². The first-order chi connectivity index (χ1) is 6.81. The van der Waals surface area contributed by atoms with Gasteiger partial charge in [0.05, 0.1) is 0 Å². The van der Waals surface area contributed by atoms with Gasteiger partial charge in [-0.05, 0) is 20.8 Å². The molecule has 0 amide bonds. The van der Waals surface area contributed by atoms with E-state index in [2.05, 4.69) is 0 Å². The van der Waals surface area contributed by atoms with E-state index >= 15 is 0 Å². The molecule has 3 unspecified atom stereocenters. The molecule has 0 bridgehead atoms. The third kappa shape index (κ3) is 61.5. The van der Waals surface area contributed by atoms with Crippen molar-refractivity contribution in [2.45, 2.75) is 20.8 Å². The van der Waals surface area contributed by atoms with Gasteiger partial charge in [-0.2, -0.15) is 0 Å². The fourth-order valence-electron chi connectivity index (χ4n) is 0.